The highest BCUT2D eigenvalue weighted by Crippen LogP contribution is 2.27. The highest BCUT2D eigenvalue weighted by molar-refractivity contribution is 7.12. The van der Waals surface area contributed by atoms with Gasteiger partial charge in [-0.05, 0) is 65.1 Å². The van der Waals surface area contributed by atoms with Crippen LogP contribution in [0.1, 0.15) is 41.8 Å². The summed E-state index contributed by atoms with van der Waals surface area (Å²) in [5.41, 5.74) is 5.85. The van der Waals surface area contributed by atoms with E-state index in [0.29, 0.717) is 19.4 Å². The van der Waals surface area contributed by atoms with Crippen LogP contribution in [-0.2, 0) is 4.79 Å². The second kappa shape index (κ2) is 10.9. The van der Waals surface area contributed by atoms with Crippen LogP contribution in [0.2, 0.25) is 0 Å². The van der Waals surface area contributed by atoms with E-state index in [-0.39, 0.29) is 11.8 Å². The summed E-state index contributed by atoms with van der Waals surface area (Å²) in [4.78, 5) is 30.1. The van der Waals surface area contributed by atoms with Gasteiger partial charge in [0.2, 0.25) is 5.91 Å². The van der Waals surface area contributed by atoms with E-state index in [1.165, 1.54) is 16.7 Å². The maximum atomic E-state index is 13.2. The third-order valence-electron chi connectivity index (χ3n) is 5.70. The largest absolute Gasteiger partial charge is 0.361 e. The number of unbranched alkanes of at least 4 members (excludes halogenated alkanes) is 3. The molecule has 4 rings (SSSR count). The fraction of sp³-hybridized carbons (Fsp3) is 0.231. The number of hydrogen-bond donors (Lipinski definition) is 3. The number of amides is 2. The molecule has 0 fully saturated rings. The summed E-state index contributed by atoms with van der Waals surface area (Å²) in [6, 6.07) is 20.3. The fourth-order valence-corrected chi connectivity index (χ4v) is 4.58. The van der Waals surface area contributed by atoms with Crippen molar-refractivity contribution < 1.29 is 14.8 Å². The minimum absolute atomic E-state index is 0.00483. The van der Waals surface area contributed by atoms with Crippen LogP contribution < -0.4 is 10.4 Å². The molecule has 2 aromatic carbocycles. The zero-order valence-electron chi connectivity index (χ0n) is 18.3. The van der Waals surface area contributed by atoms with E-state index < -0.39 is 0 Å². The van der Waals surface area contributed by atoms with E-state index in [4.69, 9.17) is 5.21 Å². The normalized spacial score (nSPS) is 10.9. The van der Waals surface area contributed by atoms with Gasteiger partial charge in [-0.2, -0.15) is 0 Å². The molecule has 0 aliphatic heterocycles. The lowest BCUT2D eigenvalue weighted by molar-refractivity contribution is -0.129. The average Bonchev–Trinajstić information content (AvgIpc) is 3.55. The number of rotatable bonds is 10. The number of aromatic nitrogens is 1. The van der Waals surface area contributed by atoms with Crippen LogP contribution in [0.5, 0.6) is 0 Å². The van der Waals surface area contributed by atoms with Crippen LogP contribution in [0.15, 0.2) is 72.2 Å². The molecule has 0 saturated heterocycles. The van der Waals surface area contributed by atoms with Crippen molar-refractivity contribution in [3.8, 4) is 11.1 Å². The minimum Gasteiger partial charge on any atom is -0.361 e. The number of carbonyl (C=O) groups excluding carboxylic acids is 2. The number of carbonyl (C=O) groups is 2. The Morgan fingerprint density at radius 3 is 2.48 bits per heavy atom. The standard InChI is InChI=1S/C26H27N3O3S/c30-25(28-32)7-3-1-2-4-16-29(26(31)24-6-5-17-33-24)22-12-10-19(11-13-22)21-9-8-20-14-15-27-23(20)18-21/h5-6,8-15,17-18,27,32H,1-4,7,16H2,(H,28,30). The van der Waals surface area contributed by atoms with E-state index in [9.17, 15) is 9.59 Å². The van der Waals surface area contributed by atoms with Crippen molar-refractivity contribution in [2.75, 3.05) is 11.4 Å². The summed E-state index contributed by atoms with van der Waals surface area (Å²) in [5, 5.41) is 11.7. The number of nitrogens with zero attached hydrogens (tertiary/aromatic N) is 1. The second-order valence-electron chi connectivity index (χ2n) is 7.96. The van der Waals surface area contributed by atoms with Gasteiger partial charge < -0.3 is 9.88 Å². The lowest BCUT2D eigenvalue weighted by Gasteiger charge is -2.23. The quantitative estimate of drug-likeness (QED) is 0.154. The number of nitrogens with one attached hydrogen (secondary N) is 2. The minimum atomic E-state index is -0.361. The molecule has 0 saturated carbocycles. The van der Waals surface area contributed by atoms with E-state index in [2.05, 4.69) is 41.4 Å². The van der Waals surface area contributed by atoms with Gasteiger partial charge in [-0.3, -0.25) is 14.8 Å². The molecule has 3 N–H and O–H groups in total. The molecule has 0 atom stereocenters. The summed E-state index contributed by atoms with van der Waals surface area (Å²) in [7, 11) is 0. The van der Waals surface area contributed by atoms with Gasteiger partial charge in [-0.15, -0.1) is 11.3 Å². The molecular weight excluding hydrogens is 434 g/mol. The molecule has 2 amide bonds. The van der Waals surface area contributed by atoms with E-state index >= 15 is 0 Å². The molecule has 0 aliphatic carbocycles. The first kappa shape index (κ1) is 22.8. The first-order valence-corrected chi connectivity index (χ1v) is 12.0. The van der Waals surface area contributed by atoms with Gasteiger partial charge in [0.15, 0.2) is 0 Å². The Hall–Kier alpha value is -3.42. The number of thiophene rings is 1. The lowest BCUT2D eigenvalue weighted by Crippen LogP contribution is -2.31. The zero-order valence-corrected chi connectivity index (χ0v) is 19.1. The van der Waals surface area contributed by atoms with Crippen molar-refractivity contribution in [2.45, 2.75) is 32.1 Å². The molecule has 2 aromatic heterocycles. The van der Waals surface area contributed by atoms with Crippen molar-refractivity contribution in [3.05, 3.63) is 77.1 Å². The summed E-state index contributed by atoms with van der Waals surface area (Å²) >= 11 is 1.45. The molecule has 7 heteroatoms. The van der Waals surface area contributed by atoms with Crippen molar-refractivity contribution in [2.24, 2.45) is 0 Å². The van der Waals surface area contributed by atoms with Crippen LogP contribution in [0.25, 0.3) is 22.0 Å². The summed E-state index contributed by atoms with van der Waals surface area (Å²) < 4.78 is 0. The fourth-order valence-electron chi connectivity index (χ4n) is 3.91. The molecule has 170 valence electrons. The van der Waals surface area contributed by atoms with Gasteiger partial charge in [-0.25, -0.2) is 5.48 Å². The monoisotopic (exact) mass is 461 g/mol. The molecule has 0 unspecified atom stereocenters. The Labute approximate surface area is 196 Å². The first-order valence-electron chi connectivity index (χ1n) is 11.1. The van der Waals surface area contributed by atoms with Crippen molar-refractivity contribution >= 4 is 39.7 Å². The number of fused-ring (bicyclic) bond motifs is 1. The number of benzene rings is 2. The van der Waals surface area contributed by atoms with Crippen LogP contribution in [0.3, 0.4) is 0 Å². The number of hydroxylamine groups is 1. The predicted octanol–water partition coefficient (Wildman–Crippen LogP) is 6.00. The van der Waals surface area contributed by atoms with E-state index in [1.807, 2.05) is 40.7 Å². The molecule has 4 aromatic rings. The highest BCUT2D eigenvalue weighted by Gasteiger charge is 2.18. The van der Waals surface area contributed by atoms with Crippen molar-refractivity contribution in [1.29, 1.82) is 0 Å². The van der Waals surface area contributed by atoms with E-state index in [1.54, 1.807) is 5.48 Å². The summed E-state index contributed by atoms with van der Waals surface area (Å²) in [5.74, 6) is -0.356. The third kappa shape index (κ3) is 5.69. The predicted molar refractivity (Wildman–Crippen MR) is 133 cm³/mol. The zero-order chi connectivity index (χ0) is 23.0. The molecule has 2 heterocycles. The number of hydrogen-bond acceptors (Lipinski definition) is 4. The molecule has 0 spiro atoms. The van der Waals surface area contributed by atoms with Crippen LogP contribution in [-0.4, -0.2) is 28.6 Å². The summed E-state index contributed by atoms with van der Waals surface area (Å²) in [6.07, 6.45) is 5.57. The maximum absolute atomic E-state index is 13.2. The van der Waals surface area contributed by atoms with Gasteiger partial charge in [0.1, 0.15) is 0 Å². The number of H-pyrrole nitrogens is 1. The molecule has 0 aliphatic rings. The Morgan fingerprint density at radius 2 is 1.73 bits per heavy atom. The van der Waals surface area contributed by atoms with Gasteiger partial charge >= 0.3 is 0 Å². The van der Waals surface area contributed by atoms with Crippen molar-refractivity contribution in [1.82, 2.24) is 10.5 Å². The van der Waals surface area contributed by atoms with Gasteiger partial charge in [-0.1, -0.05) is 43.2 Å². The average molecular weight is 462 g/mol. The van der Waals surface area contributed by atoms with Gasteiger partial charge in [0, 0.05) is 30.4 Å². The first-order chi connectivity index (χ1) is 16.2. The Bertz CT molecular complexity index is 1200. The van der Waals surface area contributed by atoms with Gasteiger partial charge in [0.05, 0.1) is 4.88 Å². The molecular formula is C26H27N3O3S. The maximum Gasteiger partial charge on any atom is 0.268 e. The Morgan fingerprint density at radius 1 is 0.939 bits per heavy atom. The molecule has 6 nitrogen and oxygen atoms in total. The Balaban J connectivity index is 1.45. The van der Waals surface area contributed by atoms with Crippen LogP contribution >= 0.6 is 11.3 Å². The van der Waals surface area contributed by atoms with Crippen molar-refractivity contribution in [3.63, 3.8) is 0 Å². The molecule has 0 bridgehead atoms. The third-order valence-corrected chi connectivity index (χ3v) is 6.56. The summed E-state index contributed by atoms with van der Waals surface area (Å²) in [6.45, 7) is 0.608. The number of aromatic amines is 1. The van der Waals surface area contributed by atoms with Gasteiger partial charge in [0.25, 0.3) is 5.91 Å². The second-order valence-corrected chi connectivity index (χ2v) is 8.91. The van der Waals surface area contributed by atoms with Crippen LogP contribution in [0.4, 0.5) is 5.69 Å². The van der Waals surface area contributed by atoms with Crippen LogP contribution in [0, 0.1) is 0 Å². The highest BCUT2D eigenvalue weighted by atomic mass is 32.1. The Kier molecular flexibility index (Phi) is 7.55. The molecule has 33 heavy (non-hydrogen) atoms. The van der Waals surface area contributed by atoms with E-state index in [0.717, 1.165) is 46.5 Å². The SMILES string of the molecule is O=C(CCCCCCN(C(=O)c1cccs1)c1ccc(-c2ccc3cc[nH]c3c2)cc1)NO. The lowest BCUT2D eigenvalue weighted by atomic mass is 10.0. The number of anilines is 1. The topological polar surface area (TPSA) is 85.4 Å². The smallest absolute Gasteiger partial charge is 0.268 e. The molecule has 0 radical (unpaired) electrons.